The van der Waals surface area contributed by atoms with Crippen molar-refractivity contribution in [3.05, 3.63) is 99.6 Å². The third kappa shape index (κ3) is 4.19. The Hall–Kier alpha value is -3.71. The number of ether oxygens (including phenoxy) is 1. The van der Waals surface area contributed by atoms with Gasteiger partial charge >= 0.3 is 0 Å². The van der Waals surface area contributed by atoms with Crippen molar-refractivity contribution in [2.75, 3.05) is 7.11 Å². The fourth-order valence-electron chi connectivity index (χ4n) is 3.98. The summed E-state index contributed by atoms with van der Waals surface area (Å²) < 4.78 is 18.7. The number of carbonyl (C=O) groups excluding carboxylic acids is 2. The van der Waals surface area contributed by atoms with Gasteiger partial charge in [-0.05, 0) is 60.0 Å². The Balaban J connectivity index is 1.90. The van der Waals surface area contributed by atoms with Crippen LogP contribution in [0.5, 0.6) is 5.75 Å². The zero-order valence-electron chi connectivity index (χ0n) is 17.9. The molecule has 1 aliphatic heterocycles. The van der Waals surface area contributed by atoms with Crippen LogP contribution in [0.15, 0.2) is 66.5 Å². The maximum atomic E-state index is 13.4. The summed E-state index contributed by atoms with van der Waals surface area (Å²) in [4.78, 5) is 31.6. The number of hydrogen-bond acceptors (Lipinski definition) is 5. The van der Waals surface area contributed by atoms with Crippen molar-refractivity contribution in [3.63, 3.8) is 0 Å². The molecule has 1 aromatic heterocycles. The zero-order valence-corrected chi connectivity index (χ0v) is 18.6. The summed E-state index contributed by atoms with van der Waals surface area (Å²) >= 11 is 6.29. The number of amides is 1. The summed E-state index contributed by atoms with van der Waals surface area (Å²) in [5.74, 6) is -2.22. The molecule has 1 amide bonds. The van der Waals surface area contributed by atoms with Crippen molar-refractivity contribution in [1.82, 2.24) is 9.88 Å². The number of benzene rings is 2. The quantitative estimate of drug-likeness (QED) is 0.331. The van der Waals surface area contributed by atoms with Crippen LogP contribution in [0, 0.1) is 12.7 Å². The van der Waals surface area contributed by atoms with Crippen LogP contribution in [0.1, 0.15) is 28.3 Å². The second kappa shape index (κ2) is 9.03. The van der Waals surface area contributed by atoms with Gasteiger partial charge in [0.2, 0.25) is 0 Å². The first kappa shape index (κ1) is 22.5. The number of aliphatic hydroxyl groups excluding tert-OH is 1. The number of aromatic nitrogens is 1. The molecule has 6 nitrogen and oxygen atoms in total. The number of halogens is 2. The summed E-state index contributed by atoms with van der Waals surface area (Å²) in [6, 6.07) is 11.4. The molecule has 168 valence electrons. The van der Waals surface area contributed by atoms with E-state index >= 15 is 0 Å². The van der Waals surface area contributed by atoms with Gasteiger partial charge in [-0.25, -0.2) is 4.39 Å². The lowest BCUT2D eigenvalue weighted by molar-refractivity contribution is -0.140. The first-order chi connectivity index (χ1) is 15.8. The summed E-state index contributed by atoms with van der Waals surface area (Å²) in [5.41, 5.74) is 2.08. The minimum atomic E-state index is -0.887. The van der Waals surface area contributed by atoms with Crippen molar-refractivity contribution >= 4 is 29.1 Å². The molecule has 1 unspecified atom stereocenters. The normalized spacial score (nSPS) is 17.5. The molecule has 1 saturated heterocycles. The van der Waals surface area contributed by atoms with Gasteiger partial charge in [0.15, 0.2) is 0 Å². The Labute approximate surface area is 194 Å². The summed E-state index contributed by atoms with van der Waals surface area (Å²) in [7, 11) is 1.40. The van der Waals surface area contributed by atoms with Crippen molar-refractivity contribution in [2.24, 2.45) is 0 Å². The molecule has 0 aliphatic carbocycles. The van der Waals surface area contributed by atoms with E-state index in [1.807, 2.05) is 0 Å². The molecule has 1 N–H and O–H groups in total. The highest BCUT2D eigenvalue weighted by Crippen LogP contribution is 2.43. The minimum Gasteiger partial charge on any atom is -0.507 e. The smallest absolute Gasteiger partial charge is 0.295 e. The number of carbonyl (C=O) groups is 2. The monoisotopic (exact) mass is 466 g/mol. The Bertz CT molecular complexity index is 1260. The van der Waals surface area contributed by atoms with E-state index in [2.05, 4.69) is 4.98 Å². The van der Waals surface area contributed by atoms with Crippen LogP contribution in [0.4, 0.5) is 4.39 Å². The van der Waals surface area contributed by atoms with E-state index in [1.54, 1.807) is 43.3 Å². The average Bonchev–Trinajstić information content (AvgIpc) is 3.05. The largest absolute Gasteiger partial charge is 0.507 e. The number of nitrogens with zero attached hydrogens (tertiary/aromatic N) is 2. The van der Waals surface area contributed by atoms with Crippen molar-refractivity contribution in [1.29, 1.82) is 0 Å². The lowest BCUT2D eigenvalue weighted by atomic mass is 9.95. The second-order valence-corrected chi connectivity index (χ2v) is 8.07. The molecular weight excluding hydrogens is 447 g/mol. The van der Waals surface area contributed by atoms with Gasteiger partial charge in [0, 0.05) is 18.9 Å². The van der Waals surface area contributed by atoms with Crippen LogP contribution in [0.3, 0.4) is 0 Å². The molecule has 0 bridgehead atoms. The molecule has 4 rings (SSSR count). The number of hydrogen-bond donors (Lipinski definition) is 1. The van der Waals surface area contributed by atoms with Gasteiger partial charge in [0.25, 0.3) is 11.7 Å². The Morgan fingerprint density at radius 3 is 2.45 bits per heavy atom. The first-order valence-corrected chi connectivity index (χ1v) is 10.5. The number of pyridine rings is 1. The maximum absolute atomic E-state index is 13.4. The molecule has 0 radical (unpaired) electrons. The third-order valence-electron chi connectivity index (χ3n) is 5.48. The average molecular weight is 467 g/mol. The Kier molecular flexibility index (Phi) is 6.16. The van der Waals surface area contributed by atoms with Crippen LogP contribution >= 0.6 is 11.6 Å². The zero-order chi connectivity index (χ0) is 23.7. The molecule has 1 atom stereocenters. The van der Waals surface area contributed by atoms with E-state index in [4.69, 9.17) is 16.3 Å². The predicted octanol–water partition coefficient (Wildman–Crippen LogP) is 4.81. The fourth-order valence-corrected chi connectivity index (χ4v) is 4.33. The fraction of sp³-hybridized carbons (Fsp3) is 0.160. The number of rotatable bonds is 5. The Morgan fingerprint density at radius 2 is 1.82 bits per heavy atom. The molecule has 3 aromatic rings. The van der Waals surface area contributed by atoms with Crippen LogP contribution in [0.25, 0.3) is 5.76 Å². The van der Waals surface area contributed by atoms with Gasteiger partial charge < -0.3 is 14.7 Å². The van der Waals surface area contributed by atoms with Gasteiger partial charge in [0.1, 0.15) is 17.3 Å². The van der Waals surface area contributed by atoms with E-state index in [0.717, 1.165) is 5.56 Å². The molecule has 0 saturated carbocycles. The van der Waals surface area contributed by atoms with Crippen molar-refractivity contribution in [2.45, 2.75) is 19.5 Å². The lowest BCUT2D eigenvalue weighted by Crippen LogP contribution is -2.29. The number of ketones is 1. The van der Waals surface area contributed by atoms with Crippen LogP contribution in [0.2, 0.25) is 5.02 Å². The van der Waals surface area contributed by atoms with Gasteiger partial charge in [-0.3, -0.25) is 14.6 Å². The molecule has 2 aromatic carbocycles. The van der Waals surface area contributed by atoms with Crippen molar-refractivity contribution in [3.8, 4) is 5.75 Å². The highest BCUT2D eigenvalue weighted by molar-refractivity contribution is 6.46. The first-order valence-electron chi connectivity index (χ1n) is 10.1. The third-order valence-corrected chi connectivity index (χ3v) is 5.76. The summed E-state index contributed by atoms with van der Waals surface area (Å²) in [6.07, 6.45) is 3.08. The molecule has 33 heavy (non-hydrogen) atoms. The van der Waals surface area contributed by atoms with Crippen LogP contribution in [-0.4, -0.2) is 33.8 Å². The predicted molar refractivity (Wildman–Crippen MR) is 121 cm³/mol. The van der Waals surface area contributed by atoms with E-state index in [0.29, 0.717) is 11.1 Å². The van der Waals surface area contributed by atoms with E-state index in [-0.39, 0.29) is 34.2 Å². The highest BCUT2D eigenvalue weighted by Gasteiger charge is 2.46. The van der Waals surface area contributed by atoms with Gasteiger partial charge in [-0.15, -0.1) is 0 Å². The molecule has 2 heterocycles. The molecular formula is C25H20ClFN2O4. The second-order valence-electron chi connectivity index (χ2n) is 7.66. The van der Waals surface area contributed by atoms with Gasteiger partial charge in [-0.1, -0.05) is 23.7 Å². The van der Waals surface area contributed by atoms with Gasteiger partial charge in [0.05, 0.1) is 29.3 Å². The van der Waals surface area contributed by atoms with E-state index in [9.17, 15) is 19.1 Å². The molecule has 1 fully saturated rings. The topological polar surface area (TPSA) is 79.7 Å². The number of methoxy groups -OCH3 is 1. The number of aryl methyl sites for hydroxylation is 1. The summed E-state index contributed by atoms with van der Waals surface area (Å²) in [6.45, 7) is 1.83. The standard InChI is InChI=1S/C25H20ClFN2O4/c1-14-11-18(24(33-2)19(26)12-14)22(30)20-21(16-7-9-28-10-8-16)29(25(32)23(20)31)13-15-3-5-17(27)6-4-15/h3-12,21,30H,13H2,1-2H3/b22-20+. The van der Waals surface area contributed by atoms with Gasteiger partial charge in [-0.2, -0.15) is 0 Å². The lowest BCUT2D eigenvalue weighted by Gasteiger charge is -2.25. The number of aliphatic hydroxyl groups is 1. The number of Topliss-reactive ketones (excluding diaryl/α,β-unsaturated/α-hetero) is 1. The van der Waals surface area contributed by atoms with E-state index < -0.39 is 23.5 Å². The van der Waals surface area contributed by atoms with Crippen molar-refractivity contribution < 1.29 is 23.8 Å². The maximum Gasteiger partial charge on any atom is 0.295 e. The van der Waals surface area contributed by atoms with Crippen LogP contribution < -0.4 is 4.74 Å². The summed E-state index contributed by atoms with van der Waals surface area (Å²) in [5, 5.41) is 11.6. The Morgan fingerprint density at radius 1 is 1.15 bits per heavy atom. The molecule has 1 aliphatic rings. The molecule has 0 spiro atoms. The minimum absolute atomic E-state index is 0.0420. The number of likely N-dealkylation sites (tertiary alicyclic amines) is 1. The highest BCUT2D eigenvalue weighted by atomic mass is 35.5. The van der Waals surface area contributed by atoms with Crippen LogP contribution in [-0.2, 0) is 16.1 Å². The SMILES string of the molecule is COc1c(Cl)cc(C)cc1/C(O)=C1\C(=O)C(=O)N(Cc2ccc(F)cc2)C1c1ccncc1. The van der Waals surface area contributed by atoms with E-state index in [1.165, 1.54) is 36.5 Å². The molecule has 8 heteroatoms.